The summed E-state index contributed by atoms with van der Waals surface area (Å²) in [6.07, 6.45) is 9.87. The van der Waals surface area contributed by atoms with E-state index in [9.17, 15) is 0 Å². The molecule has 46 heavy (non-hydrogen) atoms. The number of hydrogen-bond donors (Lipinski definition) is 0. The largest absolute Gasteiger partial charge is 0.309 e. The predicted octanol–water partition coefficient (Wildman–Crippen LogP) is 9.69. The van der Waals surface area contributed by atoms with Crippen molar-refractivity contribution in [3.8, 4) is 17.1 Å². The van der Waals surface area contributed by atoms with Gasteiger partial charge in [-0.05, 0) is 85.8 Å². The lowest BCUT2D eigenvalue weighted by Crippen LogP contribution is -1.98. The highest BCUT2D eigenvalue weighted by atomic mass is 15.1. The van der Waals surface area contributed by atoms with E-state index >= 15 is 0 Å². The maximum atomic E-state index is 5.31. The third-order valence-corrected chi connectivity index (χ3v) is 8.81. The van der Waals surface area contributed by atoms with Crippen molar-refractivity contribution in [3.05, 3.63) is 146 Å². The number of aromatic nitrogens is 6. The number of allylic oxidation sites excluding steroid dienone is 1. The van der Waals surface area contributed by atoms with Gasteiger partial charge in [0, 0.05) is 40.4 Å². The van der Waals surface area contributed by atoms with Gasteiger partial charge in [-0.25, -0.2) is 4.98 Å². The molecule has 0 N–H and O–H groups in total. The summed E-state index contributed by atoms with van der Waals surface area (Å²) in [6.45, 7) is 6.28. The van der Waals surface area contributed by atoms with Crippen molar-refractivity contribution >= 4 is 67.2 Å². The number of fused-ring (bicyclic) bond motifs is 7. The third-order valence-electron chi connectivity index (χ3n) is 8.81. The first kappa shape index (κ1) is 26.2. The fraction of sp³-hybridized carbons (Fsp3) is 0.0250. The molecule has 0 saturated carbocycles. The zero-order chi connectivity index (χ0) is 30.8. The summed E-state index contributed by atoms with van der Waals surface area (Å²) >= 11 is 0. The van der Waals surface area contributed by atoms with Crippen molar-refractivity contribution in [1.29, 1.82) is 0 Å². The number of para-hydroxylation sites is 2. The average Bonchev–Trinajstić information content (AvgIpc) is 3.72. The van der Waals surface area contributed by atoms with E-state index < -0.39 is 0 Å². The van der Waals surface area contributed by atoms with Crippen molar-refractivity contribution in [2.75, 3.05) is 0 Å². The van der Waals surface area contributed by atoms with Gasteiger partial charge in [-0.2, -0.15) is 0 Å². The van der Waals surface area contributed by atoms with Crippen LogP contribution in [-0.4, -0.2) is 28.7 Å². The molecule has 9 rings (SSSR count). The second-order valence-corrected chi connectivity index (χ2v) is 11.3. The molecule has 9 aromatic rings. The topological polar surface area (TPSA) is 53.5 Å². The Morgan fingerprint density at radius 2 is 1.13 bits per heavy atom. The second kappa shape index (κ2) is 10.1. The molecule has 218 valence electrons. The summed E-state index contributed by atoms with van der Waals surface area (Å²) in [4.78, 5) is 14.9. The number of benzene rings is 3. The van der Waals surface area contributed by atoms with Gasteiger partial charge in [0.15, 0.2) is 0 Å². The van der Waals surface area contributed by atoms with Gasteiger partial charge in [-0.15, -0.1) is 0 Å². The van der Waals surface area contributed by atoms with Gasteiger partial charge in [0.2, 0.25) is 0 Å². The van der Waals surface area contributed by atoms with Crippen LogP contribution in [0.4, 0.5) is 0 Å². The molecular weight excluding hydrogens is 564 g/mol. The normalized spacial score (nSPS) is 12.0. The summed E-state index contributed by atoms with van der Waals surface area (Å²) in [7, 11) is 0. The van der Waals surface area contributed by atoms with Crippen molar-refractivity contribution < 1.29 is 0 Å². The highest BCUT2D eigenvalue weighted by Gasteiger charge is 2.22. The van der Waals surface area contributed by atoms with Crippen LogP contribution in [0.2, 0.25) is 0 Å². The first-order valence-corrected chi connectivity index (χ1v) is 15.4. The van der Waals surface area contributed by atoms with Crippen LogP contribution in [0.1, 0.15) is 18.2 Å². The summed E-state index contributed by atoms with van der Waals surface area (Å²) < 4.78 is 6.84. The predicted molar refractivity (Wildman–Crippen MR) is 190 cm³/mol. The highest BCUT2D eigenvalue weighted by Crippen LogP contribution is 2.38. The lowest BCUT2D eigenvalue weighted by Gasteiger charge is -2.11. The summed E-state index contributed by atoms with van der Waals surface area (Å²) in [5, 5.41) is 1.12. The molecule has 0 bridgehead atoms. The molecule has 0 saturated heterocycles. The minimum Gasteiger partial charge on any atom is -0.309 e. The molecule has 6 heteroatoms. The molecule has 0 spiro atoms. The van der Waals surface area contributed by atoms with Gasteiger partial charge in [0.05, 0.1) is 33.3 Å². The van der Waals surface area contributed by atoms with Crippen LogP contribution >= 0.6 is 0 Å². The van der Waals surface area contributed by atoms with Crippen molar-refractivity contribution in [2.24, 2.45) is 0 Å². The molecule has 0 fully saturated rings. The number of pyridine rings is 3. The van der Waals surface area contributed by atoms with E-state index in [0.29, 0.717) is 0 Å². The van der Waals surface area contributed by atoms with E-state index in [4.69, 9.17) is 15.0 Å². The fourth-order valence-corrected chi connectivity index (χ4v) is 6.95. The highest BCUT2D eigenvalue weighted by molar-refractivity contribution is 6.13. The van der Waals surface area contributed by atoms with E-state index in [-0.39, 0.29) is 0 Å². The van der Waals surface area contributed by atoms with Gasteiger partial charge in [-0.3, -0.25) is 9.97 Å². The lowest BCUT2D eigenvalue weighted by molar-refractivity contribution is 1.10. The Kier molecular flexibility index (Phi) is 5.77. The van der Waals surface area contributed by atoms with Gasteiger partial charge >= 0.3 is 0 Å². The Balaban J connectivity index is 1.39. The molecule has 0 amide bonds. The van der Waals surface area contributed by atoms with Gasteiger partial charge < -0.3 is 13.7 Å². The summed E-state index contributed by atoms with van der Waals surface area (Å²) in [6, 6.07) is 38.0. The SMILES string of the molecule is C=Cc1c(/C=C\C)n(-c2ccccc2)c2ccc(-n3c4cccnc4c4nc5c6ncccc6n(-c6ccccc6)c5cc43)cc12. The van der Waals surface area contributed by atoms with Crippen LogP contribution in [0.5, 0.6) is 0 Å². The Bertz CT molecular complexity index is 2650. The first-order valence-electron chi connectivity index (χ1n) is 15.4. The molecule has 6 heterocycles. The molecular formula is C40H28N6. The minimum atomic E-state index is 0.848. The number of hydrogen-bond acceptors (Lipinski definition) is 3. The van der Waals surface area contributed by atoms with Gasteiger partial charge in [0.1, 0.15) is 22.1 Å². The molecule has 0 aliphatic rings. The van der Waals surface area contributed by atoms with Crippen LogP contribution in [0.3, 0.4) is 0 Å². The van der Waals surface area contributed by atoms with Crippen LogP contribution < -0.4 is 0 Å². The summed E-state index contributed by atoms with van der Waals surface area (Å²) in [5.74, 6) is 0. The Morgan fingerprint density at radius 3 is 1.72 bits per heavy atom. The zero-order valence-electron chi connectivity index (χ0n) is 25.2. The molecule has 3 aromatic carbocycles. The average molecular weight is 593 g/mol. The maximum Gasteiger partial charge on any atom is 0.116 e. The smallest absolute Gasteiger partial charge is 0.116 e. The van der Waals surface area contributed by atoms with E-state index in [0.717, 1.165) is 83.4 Å². The number of nitrogens with zero attached hydrogens (tertiary/aromatic N) is 6. The van der Waals surface area contributed by atoms with Crippen LogP contribution in [-0.2, 0) is 0 Å². The van der Waals surface area contributed by atoms with E-state index in [1.54, 1.807) is 0 Å². The van der Waals surface area contributed by atoms with E-state index in [2.05, 4.69) is 117 Å². The molecule has 0 aliphatic carbocycles. The Labute approximate surface area is 264 Å². The molecule has 0 unspecified atom stereocenters. The Hall–Kier alpha value is -6.27. The van der Waals surface area contributed by atoms with Crippen LogP contribution in [0.15, 0.2) is 134 Å². The molecule has 6 nitrogen and oxygen atoms in total. The fourth-order valence-electron chi connectivity index (χ4n) is 6.95. The molecule has 6 aromatic heterocycles. The van der Waals surface area contributed by atoms with E-state index in [1.165, 1.54) is 0 Å². The Morgan fingerprint density at radius 1 is 0.543 bits per heavy atom. The molecule has 0 atom stereocenters. The molecule has 0 radical (unpaired) electrons. The standard InChI is InChI=1S/C40H28N6/c1-3-13-31-29(4-2)30-24-28(20-21-32(30)44(31)26-14-7-5-8-15-26)46-34-19-12-23-42-38(34)40-36(46)25-35-39(43-40)37-33(18-11-22-41-37)45(35)27-16-9-6-10-17-27/h3-25H,2H2,1H3/b13-3-. The minimum absolute atomic E-state index is 0.848. The molecule has 0 aliphatic heterocycles. The van der Waals surface area contributed by atoms with Crippen molar-refractivity contribution in [2.45, 2.75) is 6.92 Å². The zero-order valence-corrected chi connectivity index (χ0v) is 25.2. The first-order chi connectivity index (χ1) is 22.8. The van der Waals surface area contributed by atoms with Crippen LogP contribution in [0.25, 0.3) is 84.3 Å². The third kappa shape index (κ3) is 3.67. The van der Waals surface area contributed by atoms with Gasteiger partial charge in [0.25, 0.3) is 0 Å². The van der Waals surface area contributed by atoms with E-state index in [1.807, 2.05) is 49.7 Å². The number of rotatable bonds is 5. The quantitative estimate of drug-likeness (QED) is 0.200. The van der Waals surface area contributed by atoms with Crippen molar-refractivity contribution in [1.82, 2.24) is 28.7 Å². The lowest BCUT2D eigenvalue weighted by atomic mass is 10.1. The monoisotopic (exact) mass is 592 g/mol. The second-order valence-electron chi connectivity index (χ2n) is 11.3. The summed E-state index contributed by atoms with van der Waals surface area (Å²) in [5.41, 5.74) is 13.9. The maximum absolute atomic E-state index is 5.31. The van der Waals surface area contributed by atoms with Gasteiger partial charge in [-0.1, -0.05) is 55.1 Å². The van der Waals surface area contributed by atoms with Crippen LogP contribution in [0, 0.1) is 0 Å². The van der Waals surface area contributed by atoms with Crippen molar-refractivity contribution in [3.63, 3.8) is 0 Å².